The predicted octanol–water partition coefficient (Wildman–Crippen LogP) is 5.17. The Morgan fingerprint density at radius 3 is 2.00 bits per heavy atom. The maximum atomic E-state index is 12.9. The van der Waals surface area contributed by atoms with Gasteiger partial charge in [-0.25, -0.2) is 14.7 Å². The Morgan fingerprint density at radius 2 is 1.35 bits per heavy atom. The van der Waals surface area contributed by atoms with E-state index in [1.54, 1.807) is 66.7 Å². The molecule has 0 bridgehead atoms. The molecule has 8 nitrogen and oxygen atoms in total. The maximum Gasteiger partial charge on any atom is 0.335 e. The summed E-state index contributed by atoms with van der Waals surface area (Å²) >= 11 is 0. The normalized spacial score (nSPS) is 12.4. The second-order valence-electron chi connectivity index (χ2n) is 7.35. The van der Waals surface area contributed by atoms with Crippen molar-refractivity contribution in [3.8, 4) is 23.0 Å². The number of imide groups is 1. The first-order valence-electron chi connectivity index (χ1n) is 10.2. The Labute approximate surface area is 193 Å². The third-order valence-corrected chi connectivity index (χ3v) is 5.11. The standard InChI is InChI=1S/C26H16N2O6/c29-24-21-12-11-20(15-22(21)25(30)28(24)23-6-1-2-13-27-23)34-18-9-7-17(8-10-18)33-19-5-3-4-16(14-19)26(31)32/h1-15H,(H,31,32). The largest absolute Gasteiger partial charge is 0.478 e. The van der Waals surface area contributed by atoms with Gasteiger partial charge in [-0.1, -0.05) is 12.1 Å². The number of carbonyl (C=O) groups is 3. The van der Waals surface area contributed by atoms with Crippen LogP contribution in [0.5, 0.6) is 23.0 Å². The molecule has 34 heavy (non-hydrogen) atoms. The summed E-state index contributed by atoms with van der Waals surface area (Å²) in [5, 5.41) is 9.10. The molecule has 8 heteroatoms. The molecule has 166 valence electrons. The average molecular weight is 452 g/mol. The Hall–Kier alpha value is -4.98. The molecule has 0 radical (unpaired) electrons. The van der Waals surface area contributed by atoms with E-state index in [2.05, 4.69) is 4.98 Å². The van der Waals surface area contributed by atoms with E-state index in [1.807, 2.05) is 0 Å². The second-order valence-corrected chi connectivity index (χ2v) is 7.35. The van der Waals surface area contributed by atoms with Crippen LogP contribution in [0.15, 0.2) is 91.1 Å². The highest BCUT2D eigenvalue weighted by molar-refractivity contribution is 6.34. The van der Waals surface area contributed by atoms with Crippen LogP contribution in [-0.2, 0) is 0 Å². The van der Waals surface area contributed by atoms with Gasteiger partial charge in [0.05, 0.1) is 16.7 Å². The van der Waals surface area contributed by atoms with Crippen LogP contribution in [0, 0.1) is 0 Å². The fourth-order valence-electron chi connectivity index (χ4n) is 3.52. The number of amides is 2. The van der Waals surface area contributed by atoms with Crippen LogP contribution in [0.1, 0.15) is 31.1 Å². The third-order valence-electron chi connectivity index (χ3n) is 5.11. The van der Waals surface area contributed by atoms with Gasteiger partial charge in [0.2, 0.25) is 0 Å². The first kappa shape index (κ1) is 20.9. The second kappa shape index (κ2) is 8.51. The summed E-state index contributed by atoms with van der Waals surface area (Å²) < 4.78 is 11.6. The Balaban J connectivity index is 1.31. The van der Waals surface area contributed by atoms with Crippen molar-refractivity contribution >= 4 is 23.6 Å². The minimum atomic E-state index is -1.04. The SMILES string of the molecule is O=C(O)c1cccc(Oc2ccc(Oc3ccc4c(c3)C(=O)N(c3ccccn3)C4=O)cc2)c1. The molecule has 1 aromatic heterocycles. The molecule has 4 aromatic rings. The minimum Gasteiger partial charge on any atom is -0.478 e. The van der Waals surface area contributed by atoms with Crippen molar-refractivity contribution in [2.24, 2.45) is 0 Å². The lowest BCUT2D eigenvalue weighted by Crippen LogP contribution is -2.30. The molecule has 0 saturated heterocycles. The number of carboxylic acid groups (broad SMARTS) is 1. The van der Waals surface area contributed by atoms with Gasteiger partial charge in [0.1, 0.15) is 28.8 Å². The van der Waals surface area contributed by atoms with Gasteiger partial charge in [-0.2, -0.15) is 0 Å². The van der Waals surface area contributed by atoms with E-state index in [-0.39, 0.29) is 22.5 Å². The lowest BCUT2D eigenvalue weighted by Gasteiger charge is -2.11. The van der Waals surface area contributed by atoms with Gasteiger partial charge in [-0.05, 0) is 72.8 Å². The highest BCUT2D eigenvalue weighted by atomic mass is 16.5. The van der Waals surface area contributed by atoms with E-state index in [0.29, 0.717) is 23.0 Å². The minimum absolute atomic E-state index is 0.128. The van der Waals surface area contributed by atoms with E-state index in [9.17, 15) is 14.4 Å². The third kappa shape index (κ3) is 3.95. The molecule has 5 rings (SSSR count). The molecule has 0 unspecified atom stereocenters. The zero-order valence-electron chi connectivity index (χ0n) is 17.5. The maximum absolute atomic E-state index is 12.9. The van der Waals surface area contributed by atoms with Crippen LogP contribution in [-0.4, -0.2) is 27.9 Å². The first-order chi connectivity index (χ1) is 16.5. The number of aromatic nitrogens is 1. The number of benzene rings is 3. The molecule has 1 N–H and O–H groups in total. The van der Waals surface area contributed by atoms with Gasteiger partial charge >= 0.3 is 5.97 Å². The molecule has 3 aromatic carbocycles. The number of rotatable bonds is 6. The lowest BCUT2D eigenvalue weighted by molar-refractivity contribution is 0.0695. The van der Waals surface area contributed by atoms with Crippen molar-refractivity contribution in [1.29, 1.82) is 0 Å². The molecule has 1 aliphatic heterocycles. The van der Waals surface area contributed by atoms with Crippen molar-refractivity contribution < 1.29 is 29.0 Å². The number of pyridine rings is 1. The lowest BCUT2D eigenvalue weighted by atomic mass is 10.1. The molecule has 1 aliphatic rings. The average Bonchev–Trinajstić information content (AvgIpc) is 3.10. The van der Waals surface area contributed by atoms with E-state index in [1.165, 1.54) is 24.4 Å². The summed E-state index contributed by atoms with van der Waals surface area (Å²) in [7, 11) is 0. The number of aromatic carboxylic acids is 1. The fourth-order valence-corrected chi connectivity index (χ4v) is 3.52. The molecule has 2 heterocycles. The summed E-state index contributed by atoms with van der Waals surface area (Å²) in [6.07, 6.45) is 1.52. The van der Waals surface area contributed by atoms with Crippen LogP contribution < -0.4 is 14.4 Å². The summed E-state index contributed by atoms with van der Waals surface area (Å²) in [4.78, 5) is 41.8. The quantitative estimate of drug-likeness (QED) is 0.403. The number of fused-ring (bicyclic) bond motifs is 1. The summed E-state index contributed by atoms with van der Waals surface area (Å²) in [5.74, 6) is 0.113. The van der Waals surface area contributed by atoms with Crippen molar-refractivity contribution in [1.82, 2.24) is 4.98 Å². The smallest absolute Gasteiger partial charge is 0.335 e. The van der Waals surface area contributed by atoms with Crippen molar-refractivity contribution in [3.63, 3.8) is 0 Å². The van der Waals surface area contributed by atoms with E-state index in [0.717, 1.165) is 4.90 Å². The monoisotopic (exact) mass is 452 g/mol. The van der Waals surface area contributed by atoms with Gasteiger partial charge in [0, 0.05) is 6.20 Å². The van der Waals surface area contributed by atoms with Gasteiger partial charge in [-0.3, -0.25) is 9.59 Å². The van der Waals surface area contributed by atoms with E-state index in [4.69, 9.17) is 14.6 Å². The predicted molar refractivity (Wildman–Crippen MR) is 122 cm³/mol. The van der Waals surface area contributed by atoms with Crippen LogP contribution in [0.2, 0.25) is 0 Å². The zero-order chi connectivity index (χ0) is 23.7. The van der Waals surface area contributed by atoms with Crippen molar-refractivity contribution in [2.75, 3.05) is 4.90 Å². The molecule has 0 spiro atoms. The molecule has 0 saturated carbocycles. The van der Waals surface area contributed by atoms with Crippen molar-refractivity contribution in [3.05, 3.63) is 108 Å². The van der Waals surface area contributed by atoms with Crippen molar-refractivity contribution in [2.45, 2.75) is 0 Å². The Kier molecular flexibility index (Phi) is 5.23. The summed E-state index contributed by atoms with van der Waals surface area (Å²) in [5.41, 5.74) is 0.658. The number of carbonyl (C=O) groups excluding carboxylic acids is 2. The molecule has 0 aliphatic carbocycles. The molecule has 2 amide bonds. The highest BCUT2D eigenvalue weighted by Gasteiger charge is 2.37. The highest BCUT2D eigenvalue weighted by Crippen LogP contribution is 2.32. The Bertz CT molecular complexity index is 1420. The van der Waals surface area contributed by atoms with Crippen LogP contribution in [0.25, 0.3) is 0 Å². The van der Waals surface area contributed by atoms with E-state index < -0.39 is 17.8 Å². The van der Waals surface area contributed by atoms with E-state index >= 15 is 0 Å². The zero-order valence-corrected chi connectivity index (χ0v) is 17.5. The number of hydrogen-bond acceptors (Lipinski definition) is 6. The number of carboxylic acids is 1. The van der Waals surface area contributed by atoms with Crippen LogP contribution in [0.4, 0.5) is 5.82 Å². The summed E-state index contributed by atoms with van der Waals surface area (Å²) in [6.45, 7) is 0. The number of anilines is 1. The fraction of sp³-hybridized carbons (Fsp3) is 0. The number of nitrogens with zero attached hydrogens (tertiary/aromatic N) is 2. The molecular weight excluding hydrogens is 436 g/mol. The Morgan fingerprint density at radius 1 is 0.706 bits per heavy atom. The molecular formula is C26H16N2O6. The van der Waals surface area contributed by atoms with Gasteiger partial charge in [0.25, 0.3) is 11.8 Å². The number of hydrogen-bond donors (Lipinski definition) is 1. The van der Waals surface area contributed by atoms with Crippen LogP contribution in [0.3, 0.4) is 0 Å². The van der Waals surface area contributed by atoms with Gasteiger partial charge in [0.15, 0.2) is 0 Å². The number of ether oxygens (including phenoxy) is 2. The summed E-state index contributed by atoms with van der Waals surface area (Å²) in [6, 6.07) is 22.6. The molecule has 0 atom stereocenters. The van der Waals surface area contributed by atoms with Crippen LogP contribution >= 0.6 is 0 Å². The van der Waals surface area contributed by atoms with Gasteiger partial charge in [-0.15, -0.1) is 0 Å². The van der Waals surface area contributed by atoms with Gasteiger partial charge < -0.3 is 14.6 Å². The first-order valence-corrected chi connectivity index (χ1v) is 10.2. The molecule has 0 fully saturated rings. The topological polar surface area (TPSA) is 106 Å².